The molecule has 1 heterocycles. The molecule has 0 aliphatic carbocycles. The van der Waals surface area contributed by atoms with Gasteiger partial charge in [0.1, 0.15) is 0 Å². The Morgan fingerprint density at radius 1 is 1.19 bits per heavy atom. The number of allylic oxidation sites excluding steroid dienone is 1. The zero-order chi connectivity index (χ0) is 19.4. The molecule has 1 N–H and O–H groups in total. The molecule has 0 atom stereocenters. The molecule has 0 spiro atoms. The summed E-state index contributed by atoms with van der Waals surface area (Å²) in [5.74, 6) is -0.188. The Kier molecular flexibility index (Phi) is 5.57. The second kappa shape index (κ2) is 8.06. The predicted molar refractivity (Wildman–Crippen MR) is 111 cm³/mol. The monoisotopic (exact) mass is 377 g/mol. The van der Waals surface area contributed by atoms with E-state index in [1.807, 2.05) is 55.5 Å². The van der Waals surface area contributed by atoms with Crippen molar-refractivity contribution in [3.05, 3.63) is 94.1 Å². The van der Waals surface area contributed by atoms with Gasteiger partial charge in [-0.25, -0.2) is 0 Å². The van der Waals surface area contributed by atoms with Crippen LogP contribution in [0.4, 0.5) is 5.69 Å². The third-order valence-corrected chi connectivity index (χ3v) is 4.49. The van der Waals surface area contributed by atoms with Crippen molar-refractivity contribution >= 4 is 34.8 Å². The zero-order valence-corrected chi connectivity index (χ0v) is 16.0. The van der Waals surface area contributed by atoms with Crippen LogP contribution in [0.3, 0.4) is 0 Å². The molecule has 0 aliphatic heterocycles. The number of rotatable bonds is 4. The highest BCUT2D eigenvalue weighted by molar-refractivity contribution is 6.30. The maximum atomic E-state index is 12.7. The van der Waals surface area contributed by atoms with E-state index in [9.17, 15) is 4.79 Å². The SMILES string of the molecule is C=C/C(c1ccc(Cl)cc1)=c1/cc(C(=O)Nc2cnn(C)c2)cc/c1=C/C. The van der Waals surface area contributed by atoms with Gasteiger partial charge in [-0.05, 0) is 52.8 Å². The van der Waals surface area contributed by atoms with E-state index in [2.05, 4.69) is 17.0 Å². The summed E-state index contributed by atoms with van der Waals surface area (Å²) in [6.07, 6.45) is 7.18. The number of hydrogen-bond donors (Lipinski definition) is 1. The Morgan fingerprint density at radius 3 is 2.48 bits per heavy atom. The molecule has 136 valence electrons. The van der Waals surface area contributed by atoms with Crippen LogP contribution in [0, 0.1) is 0 Å². The Labute approximate surface area is 163 Å². The first kappa shape index (κ1) is 18.7. The first-order valence-electron chi connectivity index (χ1n) is 8.51. The third-order valence-electron chi connectivity index (χ3n) is 4.24. The fourth-order valence-corrected chi connectivity index (χ4v) is 3.01. The number of amides is 1. The molecule has 1 aromatic heterocycles. The van der Waals surface area contributed by atoms with Crippen LogP contribution in [0.5, 0.6) is 0 Å². The Bertz CT molecular complexity index is 1110. The van der Waals surface area contributed by atoms with Crippen molar-refractivity contribution in [3.63, 3.8) is 0 Å². The molecule has 3 aromatic rings. The number of nitrogens with one attached hydrogen (secondary N) is 1. The average molecular weight is 378 g/mol. The summed E-state index contributed by atoms with van der Waals surface area (Å²) >= 11 is 6.01. The van der Waals surface area contributed by atoms with Gasteiger partial charge in [-0.1, -0.05) is 48.5 Å². The van der Waals surface area contributed by atoms with Gasteiger partial charge in [-0.2, -0.15) is 5.10 Å². The molecule has 0 radical (unpaired) electrons. The number of benzene rings is 2. The van der Waals surface area contributed by atoms with Crippen LogP contribution in [0.1, 0.15) is 22.8 Å². The summed E-state index contributed by atoms with van der Waals surface area (Å²) in [6.45, 7) is 5.93. The molecule has 27 heavy (non-hydrogen) atoms. The number of carbonyl (C=O) groups excluding carboxylic acids is 1. The van der Waals surface area contributed by atoms with Gasteiger partial charge in [0.2, 0.25) is 0 Å². The van der Waals surface area contributed by atoms with Gasteiger partial charge in [0.15, 0.2) is 0 Å². The Morgan fingerprint density at radius 2 is 1.89 bits per heavy atom. The van der Waals surface area contributed by atoms with Crippen molar-refractivity contribution < 1.29 is 4.79 Å². The first-order chi connectivity index (χ1) is 13.0. The highest BCUT2D eigenvalue weighted by atomic mass is 35.5. The van der Waals surface area contributed by atoms with Gasteiger partial charge in [0.05, 0.1) is 11.9 Å². The number of halogens is 1. The fraction of sp³-hybridized carbons (Fsp3) is 0.0909. The minimum Gasteiger partial charge on any atom is -0.319 e. The average Bonchev–Trinajstić information content (AvgIpc) is 3.08. The summed E-state index contributed by atoms with van der Waals surface area (Å²) in [5.41, 5.74) is 3.15. The lowest BCUT2D eigenvalue weighted by atomic mass is 10.00. The lowest BCUT2D eigenvalue weighted by Gasteiger charge is -2.07. The summed E-state index contributed by atoms with van der Waals surface area (Å²) < 4.78 is 1.64. The number of aromatic nitrogens is 2. The molecule has 0 unspecified atom stereocenters. The zero-order valence-electron chi connectivity index (χ0n) is 15.2. The molecule has 5 heteroatoms. The molecule has 0 saturated carbocycles. The van der Waals surface area contributed by atoms with Gasteiger partial charge < -0.3 is 5.32 Å². The minimum atomic E-state index is -0.188. The molecule has 1 amide bonds. The minimum absolute atomic E-state index is 0.188. The molecule has 2 aromatic carbocycles. The number of hydrogen-bond acceptors (Lipinski definition) is 2. The van der Waals surface area contributed by atoms with Crippen LogP contribution < -0.4 is 15.8 Å². The molecule has 0 bridgehead atoms. The smallest absolute Gasteiger partial charge is 0.255 e. The summed E-state index contributed by atoms with van der Waals surface area (Å²) in [6, 6.07) is 13.2. The lowest BCUT2D eigenvalue weighted by Crippen LogP contribution is -2.29. The van der Waals surface area contributed by atoms with E-state index in [0.717, 1.165) is 21.6 Å². The second-order valence-corrected chi connectivity index (χ2v) is 6.51. The van der Waals surface area contributed by atoms with Crippen molar-refractivity contribution in [1.29, 1.82) is 0 Å². The van der Waals surface area contributed by atoms with Crippen LogP contribution in [0.15, 0.2) is 67.5 Å². The summed E-state index contributed by atoms with van der Waals surface area (Å²) in [4.78, 5) is 12.7. The van der Waals surface area contributed by atoms with Crippen molar-refractivity contribution in [2.45, 2.75) is 6.92 Å². The van der Waals surface area contributed by atoms with E-state index in [-0.39, 0.29) is 5.91 Å². The lowest BCUT2D eigenvalue weighted by molar-refractivity contribution is 0.102. The van der Waals surface area contributed by atoms with E-state index in [1.54, 1.807) is 30.2 Å². The molecule has 0 aliphatic rings. The topological polar surface area (TPSA) is 46.9 Å². The van der Waals surface area contributed by atoms with Crippen molar-refractivity contribution in [2.24, 2.45) is 7.05 Å². The van der Waals surface area contributed by atoms with Crippen LogP contribution in [-0.2, 0) is 7.05 Å². The van der Waals surface area contributed by atoms with E-state index in [0.29, 0.717) is 16.3 Å². The number of nitrogens with zero attached hydrogens (tertiary/aromatic N) is 2. The predicted octanol–water partition coefficient (Wildman–Crippen LogP) is 3.51. The molecule has 0 saturated heterocycles. The first-order valence-corrected chi connectivity index (χ1v) is 8.88. The molecule has 3 rings (SSSR count). The van der Waals surface area contributed by atoms with Gasteiger partial charge in [0, 0.05) is 23.8 Å². The maximum absolute atomic E-state index is 12.7. The van der Waals surface area contributed by atoms with Gasteiger partial charge in [0.25, 0.3) is 5.91 Å². The van der Waals surface area contributed by atoms with Crippen LogP contribution in [0.2, 0.25) is 5.02 Å². The van der Waals surface area contributed by atoms with E-state index < -0.39 is 0 Å². The quantitative estimate of drug-likeness (QED) is 0.756. The number of anilines is 1. The van der Waals surface area contributed by atoms with E-state index in [4.69, 9.17) is 11.6 Å². The van der Waals surface area contributed by atoms with Crippen LogP contribution in [-0.4, -0.2) is 15.7 Å². The van der Waals surface area contributed by atoms with Crippen molar-refractivity contribution in [1.82, 2.24) is 9.78 Å². The van der Waals surface area contributed by atoms with Crippen LogP contribution >= 0.6 is 11.6 Å². The highest BCUT2D eigenvalue weighted by Crippen LogP contribution is 2.16. The van der Waals surface area contributed by atoms with Gasteiger partial charge in [-0.3, -0.25) is 9.48 Å². The third kappa shape index (κ3) is 4.18. The van der Waals surface area contributed by atoms with E-state index >= 15 is 0 Å². The van der Waals surface area contributed by atoms with Crippen LogP contribution in [0.25, 0.3) is 11.6 Å². The van der Waals surface area contributed by atoms with E-state index in [1.165, 1.54) is 0 Å². The molecule has 0 fully saturated rings. The van der Waals surface area contributed by atoms with Crippen molar-refractivity contribution in [3.8, 4) is 0 Å². The van der Waals surface area contributed by atoms with Crippen molar-refractivity contribution in [2.75, 3.05) is 5.32 Å². The summed E-state index contributed by atoms with van der Waals surface area (Å²) in [7, 11) is 1.80. The number of aryl methyl sites for hydroxylation is 1. The largest absolute Gasteiger partial charge is 0.319 e. The number of carbonyl (C=O) groups is 1. The van der Waals surface area contributed by atoms with Gasteiger partial charge in [-0.15, -0.1) is 0 Å². The molecular weight excluding hydrogens is 358 g/mol. The Balaban J connectivity index is 2.11. The fourth-order valence-electron chi connectivity index (χ4n) is 2.88. The van der Waals surface area contributed by atoms with Gasteiger partial charge >= 0.3 is 0 Å². The molecular formula is C22H20ClN3O. The Hall–Kier alpha value is -3.11. The molecule has 4 nitrogen and oxygen atoms in total. The second-order valence-electron chi connectivity index (χ2n) is 6.07. The normalized spacial score (nSPS) is 12.6. The standard InChI is InChI=1S/C22H20ClN3O/c1-4-15-6-7-17(22(27)25-19-13-24-26(3)14-19)12-21(15)20(5-2)16-8-10-18(23)11-9-16/h4-14H,2H2,1,3H3,(H,25,27)/b15-4-,21-20+. The summed E-state index contributed by atoms with van der Waals surface area (Å²) in [5, 5.41) is 9.57. The maximum Gasteiger partial charge on any atom is 0.255 e. The highest BCUT2D eigenvalue weighted by Gasteiger charge is 2.09.